The molecule has 2 aromatic rings. The van der Waals surface area contributed by atoms with E-state index in [-0.39, 0.29) is 0 Å². The summed E-state index contributed by atoms with van der Waals surface area (Å²) in [7, 11) is 0. The molecule has 0 bridgehead atoms. The zero-order valence-corrected chi connectivity index (χ0v) is 16.9. The number of nitrogens with zero attached hydrogens (tertiary/aromatic N) is 1. The van der Waals surface area contributed by atoms with Crippen LogP contribution in [0.15, 0.2) is 53.4 Å². The summed E-state index contributed by atoms with van der Waals surface area (Å²) in [6.07, 6.45) is 0.183. The summed E-state index contributed by atoms with van der Waals surface area (Å²) in [5, 5.41) is 9.23. The van der Waals surface area contributed by atoms with Gasteiger partial charge in [-0.25, -0.2) is 4.79 Å². The van der Waals surface area contributed by atoms with Gasteiger partial charge < -0.3 is 14.7 Å². The van der Waals surface area contributed by atoms with Crippen molar-refractivity contribution in [3.63, 3.8) is 0 Å². The van der Waals surface area contributed by atoms with Crippen LogP contribution < -0.4 is 0 Å². The van der Waals surface area contributed by atoms with Gasteiger partial charge in [-0.3, -0.25) is 9.59 Å². The maximum atomic E-state index is 12.7. The molecule has 0 unspecified atom stereocenters. The number of Topliss-reactive ketones (excluding diaryl/α,β-unsaturated/α-hetero) is 2. The third-order valence-electron chi connectivity index (χ3n) is 5.98. The van der Waals surface area contributed by atoms with E-state index in [0.717, 1.165) is 11.1 Å². The van der Waals surface area contributed by atoms with Crippen LogP contribution in [0.25, 0.3) is 16.9 Å². The normalized spacial score (nSPS) is 19.9. The van der Waals surface area contributed by atoms with Gasteiger partial charge in [-0.1, -0.05) is 36.4 Å². The number of thioether (sulfide) groups is 1. The number of carboxylic acid groups (broad SMARTS) is 1. The van der Waals surface area contributed by atoms with E-state index >= 15 is 0 Å². The van der Waals surface area contributed by atoms with Crippen LogP contribution in [0.4, 0.5) is 4.79 Å². The van der Waals surface area contributed by atoms with Crippen LogP contribution >= 0.6 is 11.8 Å². The number of carbonyl (C=O) groups is 3. The van der Waals surface area contributed by atoms with Crippen molar-refractivity contribution in [1.29, 1.82) is 0 Å². The molecule has 6 nitrogen and oxygen atoms in total. The van der Waals surface area contributed by atoms with Gasteiger partial charge in [0, 0.05) is 42.8 Å². The number of amides is 1. The Morgan fingerprint density at radius 3 is 2.40 bits per heavy atom. The average molecular weight is 421 g/mol. The molecule has 2 aliphatic heterocycles. The molecule has 0 atom stereocenters. The molecule has 0 saturated carbocycles. The van der Waals surface area contributed by atoms with E-state index in [9.17, 15) is 19.5 Å². The quantitative estimate of drug-likeness (QED) is 0.699. The zero-order valence-electron chi connectivity index (χ0n) is 16.1. The van der Waals surface area contributed by atoms with Crippen molar-refractivity contribution < 1.29 is 24.2 Å². The van der Waals surface area contributed by atoms with E-state index in [1.54, 1.807) is 6.07 Å². The van der Waals surface area contributed by atoms with Crippen LogP contribution in [-0.2, 0) is 9.53 Å². The Morgan fingerprint density at radius 2 is 1.70 bits per heavy atom. The molecule has 1 fully saturated rings. The number of fused-ring (bicyclic) bond motifs is 2. The molecule has 1 amide bonds. The Labute approximate surface area is 177 Å². The summed E-state index contributed by atoms with van der Waals surface area (Å²) in [4.78, 5) is 38.4. The SMILES string of the molecule is O=C1C(=O)c2ccc(-c3ccccc3)cc2C2=C1SCC1(CCN(C(=O)O)CC1)O2. The van der Waals surface area contributed by atoms with E-state index in [1.165, 1.54) is 16.7 Å². The molecule has 3 aliphatic rings. The first kappa shape index (κ1) is 18.9. The first-order valence-corrected chi connectivity index (χ1v) is 10.8. The van der Waals surface area contributed by atoms with Crippen molar-refractivity contribution >= 4 is 35.2 Å². The van der Waals surface area contributed by atoms with Crippen LogP contribution in [0, 0.1) is 0 Å². The second-order valence-corrected chi connectivity index (χ2v) is 8.77. The highest BCUT2D eigenvalue weighted by Crippen LogP contribution is 2.47. The highest BCUT2D eigenvalue weighted by atomic mass is 32.2. The number of hydrogen-bond donors (Lipinski definition) is 1. The van der Waals surface area contributed by atoms with E-state index in [4.69, 9.17) is 4.74 Å². The fourth-order valence-electron chi connectivity index (χ4n) is 4.23. The molecule has 2 heterocycles. The standard InChI is InChI=1S/C23H19NO5S/c25-18-16-7-6-15(14-4-2-1-3-5-14)12-17(16)20-21(19(18)26)30-13-23(29-20)8-10-24(11-9-23)22(27)28/h1-7,12H,8-11,13H2,(H,27,28). The van der Waals surface area contributed by atoms with Gasteiger partial charge in [-0.15, -0.1) is 11.8 Å². The average Bonchev–Trinajstić information content (AvgIpc) is 2.78. The zero-order chi connectivity index (χ0) is 20.9. The predicted molar refractivity (Wildman–Crippen MR) is 113 cm³/mol. The maximum Gasteiger partial charge on any atom is 0.407 e. The highest BCUT2D eigenvalue weighted by molar-refractivity contribution is 8.04. The van der Waals surface area contributed by atoms with Crippen LogP contribution in [0.2, 0.25) is 0 Å². The molecule has 0 aromatic heterocycles. The number of allylic oxidation sites excluding steroid dienone is 1. The summed E-state index contributed by atoms with van der Waals surface area (Å²) in [6.45, 7) is 0.782. The molecule has 7 heteroatoms. The third kappa shape index (κ3) is 3.01. The van der Waals surface area contributed by atoms with E-state index < -0.39 is 23.3 Å². The summed E-state index contributed by atoms with van der Waals surface area (Å²) in [6, 6.07) is 15.3. The highest BCUT2D eigenvalue weighted by Gasteiger charge is 2.46. The topological polar surface area (TPSA) is 83.9 Å². The van der Waals surface area contributed by atoms with Crippen molar-refractivity contribution in [2.75, 3.05) is 18.8 Å². The largest absolute Gasteiger partial charge is 0.484 e. The van der Waals surface area contributed by atoms with Crippen molar-refractivity contribution in [3.8, 4) is 11.1 Å². The van der Waals surface area contributed by atoms with Gasteiger partial charge in [0.2, 0.25) is 11.6 Å². The van der Waals surface area contributed by atoms with Gasteiger partial charge in [0.05, 0.1) is 0 Å². The first-order chi connectivity index (χ1) is 14.5. The number of ether oxygens (including phenoxy) is 1. The van der Waals surface area contributed by atoms with Crippen LogP contribution in [0.1, 0.15) is 28.8 Å². The van der Waals surface area contributed by atoms with Crippen molar-refractivity contribution in [1.82, 2.24) is 4.90 Å². The minimum Gasteiger partial charge on any atom is -0.484 e. The van der Waals surface area contributed by atoms with E-state index in [0.29, 0.717) is 53.5 Å². The van der Waals surface area contributed by atoms with Gasteiger partial charge in [0.1, 0.15) is 16.3 Å². The number of benzene rings is 2. The van der Waals surface area contributed by atoms with Gasteiger partial charge >= 0.3 is 6.09 Å². The Hall–Kier alpha value is -3.06. The lowest BCUT2D eigenvalue weighted by Gasteiger charge is -2.44. The monoisotopic (exact) mass is 421 g/mol. The van der Waals surface area contributed by atoms with Crippen molar-refractivity contribution in [2.45, 2.75) is 18.4 Å². The van der Waals surface area contributed by atoms with Gasteiger partial charge in [0.25, 0.3) is 0 Å². The number of ketones is 2. The fraction of sp³-hybridized carbons (Fsp3) is 0.261. The van der Waals surface area contributed by atoms with Crippen LogP contribution in [-0.4, -0.2) is 52.1 Å². The molecule has 30 heavy (non-hydrogen) atoms. The lowest BCUT2D eigenvalue weighted by atomic mass is 9.88. The predicted octanol–water partition coefficient (Wildman–Crippen LogP) is 4.06. The summed E-state index contributed by atoms with van der Waals surface area (Å²) in [5.74, 6) is -0.0252. The molecule has 1 saturated heterocycles. The maximum absolute atomic E-state index is 12.7. The number of rotatable bonds is 1. The molecule has 2 aromatic carbocycles. The minimum atomic E-state index is -0.926. The lowest BCUT2D eigenvalue weighted by molar-refractivity contribution is -0.111. The van der Waals surface area contributed by atoms with Crippen LogP contribution in [0.3, 0.4) is 0 Å². The molecule has 1 N–H and O–H groups in total. The third-order valence-corrected chi connectivity index (χ3v) is 7.31. The Kier molecular flexibility index (Phi) is 4.43. The summed E-state index contributed by atoms with van der Waals surface area (Å²) >= 11 is 1.36. The van der Waals surface area contributed by atoms with Gasteiger partial charge in [-0.05, 0) is 23.3 Å². The molecule has 152 valence electrons. The Morgan fingerprint density at radius 1 is 0.967 bits per heavy atom. The van der Waals surface area contributed by atoms with Crippen molar-refractivity contribution in [3.05, 3.63) is 64.6 Å². The van der Waals surface area contributed by atoms with Crippen molar-refractivity contribution in [2.24, 2.45) is 0 Å². The second kappa shape index (κ2) is 7.02. The minimum absolute atomic E-state index is 0.360. The summed E-state index contributed by atoms with van der Waals surface area (Å²) < 4.78 is 6.45. The van der Waals surface area contributed by atoms with Gasteiger partial charge in [0.15, 0.2) is 0 Å². The number of hydrogen-bond acceptors (Lipinski definition) is 5. The molecule has 1 aliphatic carbocycles. The van der Waals surface area contributed by atoms with Gasteiger partial charge in [-0.2, -0.15) is 0 Å². The van der Waals surface area contributed by atoms with E-state index in [1.807, 2.05) is 42.5 Å². The smallest absolute Gasteiger partial charge is 0.407 e. The van der Waals surface area contributed by atoms with E-state index in [2.05, 4.69) is 0 Å². The van der Waals surface area contributed by atoms with Crippen LogP contribution in [0.5, 0.6) is 0 Å². The molecule has 1 spiro atoms. The lowest BCUT2D eigenvalue weighted by Crippen LogP contribution is -2.50. The number of likely N-dealkylation sites (tertiary alicyclic amines) is 1. The molecular formula is C23H19NO5S. The molecule has 5 rings (SSSR count). The Bertz CT molecular complexity index is 1100. The number of piperidine rings is 1. The first-order valence-electron chi connectivity index (χ1n) is 9.80. The fourth-order valence-corrected chi connectivity index (χ4v) is 5.49. The molecular weight excluding hydrogens is 402 g/mol. The Balaban J connectivity index is 1.54. The number of carbonyl (C=O) groups excluding carboxylic acids is 2. The summed E-state index contributed by atoms with van der Waals surface area (Å²) in [5.41, 5.74) is 2.43. The second-order valence-electron chi connectivity index (χ2n) is 7.79. The molecule has 0 radical (unpaired) electrons.